The van der Waals surface area contributed by atoms with Crippen LogP contribution in [-0.4, -0.2) is 71.1 Å². The van der Waals surface area contributed by atoms with Crippen molar-refractivity contribution in [2.45, 2.75) is 57.5 Å². The van der Waals surface area contributed by atoms with Gasteiger partial charge in [-0.2, -0.15) is 0 Å². The molecule has 0 spiro atoms. The van der Waals surface area contributed by atoms with Gasteiger partial charge in [0, 0.05) is 49.8 Å². The molecule has 0 unspecified atom stereocenters. The van der Waals surface area contributed by atoms with E-state index in [0.717, 1.165) is 37.3 Å². The van der Waals surface area contributed by atoms with Crippen LogP contribution in [0.25, 0.3) is 0 Å². The van der Waals surface area contributed by atoms with E-state index < -0.39 is 0 Å². The van der Waals surface area contributed by atoms with E-state index in [0.29, 0.717) is 25.6 Å². The Morgan fingerprint density at radius 1 is 1.12 bits per heavy atom. The van der Waals surface area contributed by atoms with Gasteiger partial charge in [0.2, 0.25) is 5.91 Å². The average Bonchev–Trinajstić information content (AvgIpc) is 2.80. The van der Waals surface area contributed by atoms with E-state index in [4.69, 9.17) is 9.90 Å². The first kappa shape index (κ1) is 24.0. The number of esters is 1. The number of fused-ring (bicyclic) bond motifs is 4. The number of aromatic nitrogens is 1. The first-order chi connectivity index (χ1) is 15.5. The molecular weight excluding hydrogens is 414 g/mol. The Labute approximate surface area is 187 Å². The summed E-state index contributed by atoms with van der Waals surface area (Å²) >= 11 is 0. The van der Waals surface area contributed by atoms with Crippen LogP contribution in [0.3, 0.4) is 0 Å². The van der Waals surface area contributed by atoms with Gasteiger partial charge in [0.15, 0.2) is 0 Å². The molecule has 2 bridgehead atoms. The van der Waals surface area contributed by atoms with Crippen molar-refractivity contribution >= 4 is 18.3 Å². The quantitative estimate of drug-likeness (QED) is 0.537. The molecule has 4 rings (SSSR count). The molecule has 1 aromatic rings. The highest BCUT2D eigenvalue weighted by Gasteiger charge is 2.36. The second kappa shape index (κ2) is 11.3. The monoisotopic (exact) mass is 447 g/mol. The maximum absolute atomic E-state index is 13.1. The minimum atomic E-state index is -0.353. The van der Waals surface area contributed by atoms with Crippen LogP contribution in [0.4, 0.5) is 0 Å². The molecule has 3 aliphatic rings. The SMILES string of the molecule is COC(=O)CCC(=O)N1C[C@@H]2C[C@H](C1)c1ccc(CN3CCCCC3)c(=O)n1C2.O=CO. The number of hydrogen-bond donors (Lipinski definition) is 1. The molecule has 1 aromatic heterocycles. The predicted molar refractivity (Wildman–Crippen MR) is 117 cm³/mol. The third-order valence-electron chi connectivity index (χ3n) is 6.65. The van der Waals surface area contributed by atoms with E-state index in [1.54, 1.807) is 0 Å². The van der Waals surface area contributed by atoms with Gasteiger partial charge in [-0.05, 0) is 44.3 Å². The third-order valence-corrected chi connectivity index (χ3v) is 6.65. The van der Waals surface area contributed by atoms with Crippen LogP contribution < -0.4 is 5.56 Å². The number of nitrogens with zero attached hydrogens (tertiary/aromatic N) is 3. The van der Waals surface area contributed by atoms with Crippen molar-refractivity contribution in [1.29, 1.82) is 0 Å². The minimum Gasteiger partial charge on any atom is -0.483 e. The fourth-order valence-electron chi connectivity index (χ4n) is 5.14. The molecule has 1 amide bonds. The van der Waals surface area contributed by atoms with Crippen molar-refractivity contribution in [3.8, 4) is 0 Å². The summed E-state index contributed by atoms with van der Waals surface area (Å²) in [5.41, 5.74) is 2.09. The number of carboxylic acid groups (broad SMARTS) is 1. The number of methoxy groups -OCH3 is 1. The summed E-state index contributed by atoms with van der Waals surface area (Å²) in [6.07, 6.45) is 5.06. The lowest BCUT2D eigenvalue weighted by Gasteiger charge is -2.43. The summed E-state index contributed by atoms with van der Waals surface area (Å²) in [5.74, 6) is 0.142. The minimum absolute atomic E-state index is 0.00242. The summed E-state index contributed by atoms with van der Waals surface area (Å²) in [5, 5.41) is 6.89. The van der Waals surface area contributed by atoms with Crippen LogP contribution >= 0.6 is 0 Å². The Morgan fingerprint density at radius 2 is 1.84 bits per heavy atom. The molecule has 1 N–H and O–H groups in total. The summed E-state index contributed by atoms with van der Waals surface area (Å²) < 4.78 is 6.60. The highest BCUT2D eigenvalue weighted by atomic mass is 16.5. The molecule has 0 aromatic carbocycles. The standard InChI is InChI=1S/C22H31N3O4.CH2O2/c1-29-21(27)8-7-20(26)24-12-16-11-18(15-24)19-6-5-17(22(28)25(19)13-16)14-23-9-3-2-4-10-23;2-1-3/h5-6,16,18H,2-4,7-15H2,1H3;1H,(H,2,3)/t16-,18+;/m0./s1. The fraction of sp³-hybridized carbons (Fsp3) is 0.652. The van der Waals surface area contributed by atoms with Crippen molar-refractivity contribution in [3.63, 3.8) is 0 Å². The second-order valence-electron chi connectivity index (χ2n) is 8.81. The first-order valence-corrected chi connectivity index (χ1v) is 11.3. The van der Waals surface area contributed by atoms with E-state index in [1.165, 1.54) is 26.4 Å². The van der Waals surface area contributed by atoms with Crippen molar-refractivity contribution in [2.24, 2.45) is 5.92 Å². The van der Waals surface area contributed by atoms with Crippen molar-refractivity contribution in [1.82, 2.24) is 14.4 Å². The molecule has 0 saturated carbocycles. The smallest absolute Gasteiger partial charge is 0.306 e. The number of ether oxygens (including phenoxy) is 1. The number of amides is 1. The maximum Gasteiger partial charge on any atom is 0.306 e. The Morgan fingerprint density at radius 3 is 2.53 bits per heavy atom. The van der Waals surface area contributed by atoms with Gasteiger partial charge in [-0.15, -0.1) is 0 Å². The summed E-state index contributed by atoms with van der Waals surface area (Å²) in [6, 6.07) is 4.10. The number of carbonyl (C=O) groups excluding carboxylic acids is 2. The summed E-state index contributed by atoms with van der Waals surface area (Å²) in [6.45, 7) is 4.62. The largest absolute Gasteiger partial charge is 0.483 e. The highest BCUT2D eigenvalue weighted by Crippen LogP contribution is 2.35. The zero-order chi connectivity index (χ0) is 23.1. The van der Waals surface area contributed by atoms with Crippen LogP contribution in [0.15, 0.2) is 16.9 Å². The number of hydrogen-bond acceptors (Lipinski definition) is 6. The van der Waals surface area contributed by atoms with Crippen LogP contribution in [0.2, 0.25) is 0 Å². The summed E-state index contributed by atoms with van der Waals surface area (Å²) in [4.78, 5) is 49.7. The van der Waals surface area contributed by atoms with Crippen LogP contribution in [0.5, 0.6) is 0 Å². The molecule has 176 valence electrons. The molecule has 2 saturated heterocycles. The van der Waals surface area contributed by atoms with Gasteiger partial charge >= 0.3 is 5.97 Å². The van der Waals surface area contributed by atoms with E-state index in [1.807, 2.05) is 15.5 Å². The molecule has 2 atom stereocenters. The zero-order valence-corrected chi connectivity index (χ0v) is 18.7. The number of carbonyl (C=O) groups is 3. The molecule has 0 radical (unpaired) electrons. The van der Waals surface area contributed by atoms with E-state index in [2.05, 4.69) is 15.7 Å². The summed E-state index contributed by atoms with van der Waals surface area (Å²) in [7, 11) is 1.34. The van der Waals surface area contributed by atoms with Gasteiger partial charge in [-0.1, -0.05) is 12.5 Å². The van der Waals surface area contributed by atoms with Gasteiger partial charge in [0.25, 0.3) is 12.0 Å². The van der Waals surface area contributed by atoms with E-state index in [9.17, 15) is 14.4 Å². The number of piperidine rings is 2. The molecule has 3 aliphatic heterocycles. The van der Waals surface area contributed by atoms with Crippen LogP contribution in [0, 0.1) is 5.92 Å². The Hall–Kier alpha value is -2.68. The van der Waals surface area contributed by atoms with Gasteiger partial charge in [0.05, 0.1) is 13.5 Å². The van der Waals surface area contributed by atoms with Gasteiger partial charge in [-0.3, -0.25) is 24.1 Å². The fourth-order valence-corrected chi connectivity index (χ4v) is 5.14. The van der Waals surface area contributed by atoms with Gasteiger partial charge in [0.1, 0.15) is 0 Å². The Balaban J connectivity index is 0.000000913. The topological polar surface area (TPSA) is 109 Å². The molecule has 0 aliphatic carbocycles. The number of likely N-dealkylation sites (tertiary alicyclic amines) is 2. The molecule has 2 fully saturated rings. The Kier molecular flexibility index (Phi) is 8.44. The van der Waals surface area contributed by atoms with E-state index in [-0.39, 0.29) is 42.7 Å². The van der Waals surface area contributed by atoms with Crippen LogP contribution in [-0.2, 0) is 32.2 Å². The molecular formula is C23H33N3O6. The first-order valence-electron chi connectivity index (χ1n) is 11.3. The maximum atomic E-state index is 13.1. The normalized spacial score (nSPS) is 22.2. The molecule has 4 heterocycles. The van der Waals surface area contributed by atoms with Crippen molar-refractivity contribution < 1.29 is 24.2 Å². The zero-order valence-electron chi connectivity index (χ0n) is 18.7. The lowest BCUT2D eigenvalue weighted by molar-refractivity contribution is -0.144. The van der Waals surface area contributed by atoms with Gasteiger partial charge in [-0.25, -0.2) is 0 Å². The number of rotatable bonds is 5. The second-order valence-corrected chi connectivity index (χ2v) is 8.81. The highest BCUT2D eigenvalue weighted by molar-refractivity contribution is 5.81. The van der Waals surface area contributed by atoms with E-state index >= 15 is 0 Å². The molecule has 9 nitrogen and oxygen atoms in total. The van der Waals surface area contributed by atoms with Crippen molar-refractivity contribution in [3.05, 3.63) is 33.7 Å². The Bertz CT molecular complexity index is 877. The van der Waals surface area contributed by atoms with Crippen LogP contribution in [0.1, 0.15) is 55.7 Å². The third kappa shape index (κ3) is 5.76. The molecule has 9 heteroatoms. The lowest BCUT2D eigenvalue weighted by atomic mass is 9.82. The predicted octanol–water partition coefficient (Wildman–Crippen LogP) is 1.43. The number of pyridine rings is 1. The molecule has 32 heavy (non-hydrogen) atoms. The lowest BCUT2D eigenvalue weighted by Crippen LogP contribution is -2.49. The van der Waals surface area contributed by atoms with Crippen molar-refractivity contribution in [2.75, 3.05) is 33.3 Å². The average molecular weight is 448 g/mol. The van der Waals surface area contributed by atoms with Gasteiger partial charge < -0.3 is 19.3 Å².